The number of hydrogen-bond donors (Lipinski definition) is 0. The summed E-state index contributed by atoms with van der Waals surface area (Å²) in [4.78, 5) is 0. The fraction of sp³-hybridized carbons (Fsp3) is 1.00. The zero-order chi connectivity index (χ0) is 10.2. The largest absolute Gasteiger partial charge is 0.323 e. The van der Waals surface area contributed by atoms with Gasteiger partial charge in [-0.1, -0.05) is 27.3 Å². The zero-order valence-electron chi connectivity index (χ0n) is 9.01. The summed E-state index contributed by atoms with van der Waals surface area (Å²) in [5.41, 5.74) is 0. The summed E-state index contributed by atoms with van der Waals surface area (Å²) in [5.74, 6) is 0.861. The van der Waals surface area contributed by atoms with Crippen LogP contribution in [0.2, 0.25) is 0 Å². The first kappa shape index (κ1) is 13.0. The molecule has 0 amide bonds. The van der Waals surface area contributed by atoms with Gasteiger partial charge in [0.25, 0.3) is 0 Å². The van der Waals surface area contributed by atoms with Crippen LogP contribution in [0.25, 0.3) is 0 Å². The third-order valence-corrected chi connectivity index (χ3v) is 11.1. The van der Waals surface area contributed by atoms with Gasteiger partial charge in [0.15, 0.2) is 0 Å². The molecule has 4 heteroatoms. The van der Waals surface area contributed by atoms with Crippen molar-refractivity contribution < 1.29 is 4.57 Å². The zero-order valence-corrected chi connectivity index (χ0v) is 11.8. The Labute approximate surface area is 79.1 Å². The molecule has 0 spiro atoms. The van der Waals surface area contributed by atoms with Gasteiger partial charge in [-0.2, -0.15) is 0 Å². The molecule has 1 nitrogen and oxygen atoms in total. The van der Waals surface area contributed by atoms with Gasteiger partial charge in [0, 0.05) is 11.1 Å². The standard InChI is InChI=1S/C8H21OP3/c1-8(2,3)12(6,9)7-11(4,5)10/h10H,7H2,1-6H3. The summed E-state index contributed by atoms with van der Waals surface area (Å²) in [6.45, 7) is 11.4. The molecule has 0 N–H and O–H groups in total. The van der Waals surface area contributed by atoms with Crippen LogP contribution in [0.4, 0.5) is 0 Å². The molecule has 74 valence electrons. The van der Waals surface area contributed by atoms with Crippen molar-refractivity contribution >= 4 is 22.2 Å². The maximum absolute atomic E-state index is 12.2. The Morgan fingerprint density at radius 3 is 1.58 bits per heavy atom. The fourth-order valence-electron chi connectivity index (χ4n) is 0.887. The molecule has 12 heavy (non-hydrogen) atoms. The van der Waals surface area contributed by atoms with E-state index in [1.807, 2.05) is 6.66 Å². The maximum atomic E-state index is 12.2. The molecule has 0 aliphatic rings. The lowest BCUT2D eigenvalue weighted by molar-refractivity contribution is 0.556. The average Bonchev–Trinajstić information content (AvgIpc) is 1.52. The summed E-state index contributed by atoms with van der Waals surface area (Å²) in [7, 11) is 1.70. The number of rotatable bonds is 2. The van der Waals surface area contributed by atoms with Gasteiger partial charge >= 0.3 is 0 Å². The Morgan fingerprint density at radius 2 is 1.50 bits per heavy atom. The van der Waals surface area contributed by atoms with Gasteiger partial charge in [-0.15, -0.1) is 8.53 Å². The van der Waals surface area contributed by atoms with E-state index in [0.717, 1.165) is 5.90 Å². The molecule has 0 saturated carbocycles. The van der Waals surface area contributed by atoms with Crippen LogP contribution in [0.5, 0.6) is 0 Å². The van der Waals surface area contributed by atoms with Crippen LogP contribution >= 0.6 is 22.2 Å². The summed E-state index contributed by atoms with van der Waals surface area (Å²) >= 11 is 0. The number of hydrogen-bond acceptors (Lipinski definition) is 1. The van der Waals surface area contributed by atoms with Crippen molar-refractivity contribution in [3.8, 4) is 0 Å². The van der Waals surface area contributed by atoms with E-state index < -0.39 is 13.7 Å². The molecule has 0 aromatic carbocycles. The van der Waals surface area contributed by atoms with E-state index in [9.17, 15) is 4.57 Å². The summed E-state index contributed by atoms with van der Waals surface area (Å²) in [5, 5.41) is -0.0447. The Hall–Kier alpha value is 0.960. The Morgan fingerprint density at radius 1 is 1.17 bits per heavy atom. The van der Waals surface area contributed by atoms with Crippen LogP contribution in [0.15, 0.2) is 0 Å². The highest BCUT2D eigenvalue weighted by Crippen LogP contribution is 2.64. The van der Waals surface area contributed by atoms with Gasteiger partial charge in [-0.25, -0.2) is 0 Å². The van der Waals surface area contributed by atoms with Gasteiger partial charge in [0.2, 0.25) is 0 Å². The van der Waals surface area contributed by atoms with Crippen LogP contribution < -0.4 is 0 Å². The lowest BCUT2D eigenvalue weighted by Crippen LogP contribution is -2.15. The predicted molar refractivity (Wildman–Crippen MR) is 65.2 cm³/mol. The maximum Gasteiger partial charge on any atom is 0.0941 e. The molecule has 1 unspecified atom stereocenters. The van der Waals surface area contributed by atoms with E-state index in [0.29, 0.717) is 0 Å². The molecule has 0 bridgehead atoms. The van der Waals surface area contributed by atoms with Gasteiger partial charge in [0.1, 0.15) is 0 Å². The van der Waals surface area contributed by atoms with Gasteiger partial charge in [-0.3, -0.25) is 0 Å². The molecule has 0 rings (SSSR count). The molecule has 1 atom stereocenters. The van der Waals surface area contributed by atoms with Gasteiger partial charge < -0.3 is 4.57 Å². The minimum atomic E-state index is -2.00. The Kier molecular flexibility index (Phi) is 3.89. The molecule has 0 aliphatic carbocycles. The molecular formula is C8H21OP3. The first-order valence-electron chi connectivity index (χ1n) is 4.10. The molecule has 0 saturated heterocycles. The minimum Gasteiger partial charge on any atom is -0.323 e. The van der Waals surface area contributed by atoms with Crippen LogP contribution in [0.1, 0.15) is 20.8 Å². The monoisotopic (exact) mass is 226 g/mol. The second-order valence-electron chi connectivity index (χ2n) is 5.10. The molecule has 0 fully saturated rings. The third kappa shape index (κ3) is 4.27. The van der Waals surface area contributed by atoms with E-state index in [1.54, 1.807) is 0 Å². The predicted octanol–water partition coefficient (Wildman–Crippen LogP) is 4.07. The topological polar surface area (TPSA) is 17.1 Å². The lowest BCUT2D eigenvalue weighted by Gasteiger charge is -2.30. The fourth-order valence-corrected chi connectivity index (χ4v) is 10.4. The molecule has 0 aromatic heterocycles. The average molecular weight is 226 g/mol. The van der Waals surface area contributed by atoms with Crippen LogP contribution in [0.3, 0.4) is 0 Å². The summed E-state index contributed by atoms with van der Waals surface area (Å²) < 4.78 is 12.2. The van der Waals surface area contributed by atoms with Crippen molar-refractivity contribution in [1.29, 1.82) is 0 Å². The summed E-state index contributed by atoms with van der Waals surface area (Å²) in [6.07, 6.45) is 0. The van der Waals surface area contributed by atoms with Crippen molar-refractivity contribution in [2.45, 2.75) is 25.9 Å². The molecule has 0 radical (unpaired) electrons. The smallest absolute Gasteiger partial charge is 0.0941 e. The Balaban J connectivity index is 4.69. The highest BCUT2D eigenvalue weighted by Gasteiger charge is 2.32. The molecule has 0 aromatic rings. The van der Waals surface area contributed by atoms with Crippen molar-refractivity contribution in [3.63, 3.8) is 0 Å². The second kappa shape index (κ2) is 3.61. The summed E-state index contributed by atoms with van der Waals surface area (Å²) in [6, 6.07) is 0. The van der Waals surface area contributed by atoms with Crippen LogP contribution in [-0.4, -0.2) is 31.1 Å². The van der Waals surface area contributed by atoms with E-state index in [-0.39, 0.29) is 5.16 Å². The highest BCUT2D eigenvalue weighted by atomic mass is 31.8. The first-order chi connectivity index (χ1) is 4.96. The van der Waals surface area contributed by atoms with E-state index in [2.05, 4.69) is 42.6 Å². The van der Waals surface area contributed by atoms with E-state index in [4.69, 9.17) is 0 Å². The quantitative estimate of drug-likeness (QED) is 0.648. The normalized spacial score (nSPS) is 18.8. The second-order valence-corrected chi connectivity index (χ2v) is 16.8. The van der Waals surface area contributed by atoms with Crippen LogP contribution in [-0.2, 0) is 4.57 Å². The van der Waals surface area contributed by atoms with Gasteiger partial charge in [-0.05, 0) is 20.0 Å². The van der Waals surface area contributed by atoms with E-state index >= 15 is 0 Å². The van der Waals surface area contributed by atoms with Crippen molar-refractivity contribution in [3.05, 3.63) is 0 Å². The molecule has 0 aliphatic heterocycles. The molecule has 0 heterocycles. The highest BCUT2D eigenvalue weighted by molar-refractivity contribution is 8.03. The van der Waals surface area contributed by atoms with E-state index in [1.165, 1.54) is 0 Å². The van der Waals surface area contributed by atoms with Crippen molar-refractivity contribution in [2.75, 3.05) is 25.9 Å². The third-order valence-electron chi connectivity index (χ3n) is 2.04. The van der Waals surface area contributed by atoms with Gasteiger partial charge in [0.05, 0.1) is 7.14 Å². The minimum absolute atomic E-state index is 0.0447. The Bertz CT molecular complexity index is 244. The first-order valence-corrected chi connectivity index (χ1v) is 10.7. The molecular weight excluding hydrogens is 205 g/mol. The SMILES string of the molecule is CC(C)(C)P(C)(=O)CP(C)(C)=P. The van der Waals surface area contributed by atoms with Crippen molar-refractivity contribution in [2.24, 2.45) is 0 Å². The van der Waals surface area contributed by atoms with Crippen LogP contribution in [0, 0.1) is 0 Å². The van der Waals surface area contributed by atoms with Crippen molar-refractivity contribution in [1.82, 2.24) is 0 Å². The lowest BCUT2D eigenvalue weighted by atomic mass is 10.3.